The number of amides is 3. The Balaban J connectivity index is 1.01. The average molecular weight is 507 g/mol. The average Bonchev–Trinajstić information content (AvgIpc) is 3.73. The zero-order chi connectivity index (χ0) is 26.0. The van der Waals surface area contributed by atoms with E-state index in [4.69, 9.17) is 9.47 Å². The smallest absolute Gasteiger partial charge is 0.255 e. The molecule has 0 unspecified atom stereocenters. The molecule has 38 heavy (non-hydrogen) atoms. The Morgan fingerprint density at radius 2 is 1.29 bits per heavy atom. The summed E-state index contributed by atoms with van der Waals surface area (Å²) in [4.78, 5) is 40.8. The molecule has 8 rings (SSSR count). The van der Waals surface area contributed by atoms with Crippen LogP contribution < -0.4 is 19.7 Å². The maximum absolute atomic E-state index is 13.3. The summed E-state index contributed by atoms with van der Waals surface area (Å²) >= 11 is 0. The lowest BCUT2D eigenvalue weighted by atomic mass is 9.63. The van der Waals surface area contributed by atoms with E-state index in [0.29, 0.717) is 40.3 Å². The molecule has 4 aliphatic carbocycles. The Kier molecular flexibility index (Phi) is 5.15. The third-order valence-electron chi connectivity index (χ3n) is 8.46. The normalized spacial score (nSPS) is 28.1. The van der Waals surface area contributed by atoms with Gasteiger partial charge in [-0.1, -0.05) is 12.2 Å². The maximum atomic E-state index is 13.3. The monoisotopic (exact) mass is 506 g/mol. The Hall–Kier alpha value is -4.39. The molecule has 1 N–H and O–H groups in total. The van der Waals surface area contributed by atoms with E-state index in [1.54, 1.807) is 55.6 Å². The van der Waals surface area contributed by atoms with Crippen molar-refractivity contribution in [3.8, 4) is 17.2 Å². The number of hydrogen-bond donors (Lipinski definition) is 1. The summed E-state index contributed by atoms with van der Waals surface area (Å²) in [5.74, 6) is 2.63. The van der Waals surface area contributed by atoms with Gasteiger partial charge in [-0.15, -0.1) is 0 Å². The van der Waals surface area contributed by atoms with E-state index in [9.17, 15) is 14.4 Å². The van der Waals surface area contributed by atoms with E-state index < -0.39 is 0 Å². The number of carbonyl (C=O) groups excluding carboxylic acids is 3. The number of allylic oxidation sites excluding steroid dienone is 2. The van der Waals surface area contributed by atoms with Crippen LogP contribution >= 0.6 is 0 Å². The van der Waals surface area contributed by atoms with Crippen LogP contribution in [0.2, 0.25) is 0 Å². The standard InChI is InChI=1S/C31H26N2O5/c1-37-20-10-12-22(13-11-20)38-21-8-4-18(5-9-21)32-29(34)17-2-6-19(7-3-17)33-30(35)27-23-14-15-24(26-16-25(23)26)28(27)31(33)36/h2-15,23-28H,16H2,1H3,(H,32,34)/t23-,24+,25-,26-,27+,28-/m1/s1. The number of anilines is 2. The van der Waals surface area contributed by atoms with Crippen molar-refractivity contribution in [1.29, 1.82) is 0 Å². The zero-order valence-corrected chi connectivity index (χ0v) is 20.7. The molecule has 3 amide bonds. The Labute approximate surface area is 220 Å². The number of hydrogen-bond acceptors (Lipinski definition) is 5. The number of methoxy groups -OCH3 is 1. The zero-order valence-electron chi connectivity index (χ0n) is 20.7. The molecule has 7 nitrogen and oxygen atoms in total. The summed E-state index contributed by atoms with van der Waals surface area (Å²) in [5, 5.41) is 2.87. The van der Waals surface area contributed by atoms with Gasteiger partial charge in [0.25, 0.3) is 5.91 Å². The van der Waals surface area contributed by atoms with Crippen molar-refractivity contribution >= 4 is 29.1 Å². The SMILES string of the molecule is COc1ccc(Oc2ccc(NC(=O)c3ccc(N4C(=O)[C@@H]5[C@H]6C=C[C@H]([C@H]7C[C@H]67)[C@@H]5C4=O)cc3)cc2)cc1. The van der Waals surface area contributed by atoms with Crippen LogP contribution in [0.1, 0.15) is 16.8 Å². The molecule has 6 atom stereocenters. The Morgan fingerprint density at radius 3 is 1.84 bits per heavy atom. The van der Waals surface area contributed by atoms with Gasteiger partial charge in [-0.3, -0.25) is 19.3 Å². The second-order valence-corrected chi connectivity index (χ2v) is 10.5. The van der Waals surface area contributed by atoms with Crippen molar-refractivity contribution < 1.29 is 23.9 Å². The van der Waals surface area contributed by atoms with Crippen molar-refractivity contribution in [3.05, 3.63) is 90.5 Å². The van der Waals surface area contributed by atoms with Crippen LogP contribution in [0.4, 0.5) is 11.4 Å². The molecular formula is C31H26N2O5. The van der Waals surface area contributed by atoms with Gasteiger partial charge in [0.2, 0.25) is 11.8 Å². The minimum absolute atomic E-state index is 0.0983. The molecule has 2 saturated carbocycles. The van der Waals surface area contributed by atoms with Crippen LogP contribution in [-0.2, 0) is 9.59 Å². The lowest BCUT2D eigenvalue weighted by molar-refractivity contribution is -0.124. The van der Waals surface area contributed by atoms with Crippen LogP contribution in [0.3, 0.4) is 0 Å². The van der Waals surface area contributed by atoms with Gasteiger partial charge in [0.1, 0.15) is 17.2 Å². The van der Waals surface area contributed by atoms with Gasteiger partial charge in [-0.25, -0.2) is 0 Å². The van der Waals surface area contributed by atoms with Gasteiger partial charge in [0, 0.05) is 11.3 Å². The highest BCUT2D eigenvalue weighted by Gasteiger charge is 2.67. The number of benzene rings is 3. The predicted molar refractivity (Wildman–Crippen MR) is 141 cm³/mol. The van der Waals surface area contributed by atoms with Gasteiger partial charge in [0.15, 0.2) is 0 Å². The summed E-state index contributed by atoms with van der Waals surface area (Å²) in [6.07, 6.45) is 5.47. The first-order valence-electron chi connectivity index (χ1n) is 12.9. The quantitative estimate of drug-likeness (QED) is 0.362. The number of carbonyl (C=O) groups is 3. The molecule has 7 heteroatoms. The largest absolute Gasteiger partial charge is 0.497 e. The van der Waals surface area contributed by atoms with Crippen molar-refractivity contribution in [3.63, 3.8) is 0 Å². The molecule has 3 aromatic rings. The van der Waals surface area contributed by atoms with Gasteiger partial charge in [0.05, 0.1) is 24.6 Å². The highest BCUT2D eigenvalue weighted by molar-refractivity contribution is 6.22. The van der Waals surface area contributed by atoms with Crippen LogP contribution in [0.5, 0.6) is 17.2 Å². The van der Waals surface area contributed by atoms with Crippen molar-refractivity contribution in [1.82, 2.24) is 0 Å². The van der Waals surface area contributed by atoms with E-state index in [2.05, 4.69) is 17.5 Å². The summed E-state index contributed by atoms with van der Waals surface area (Å²) in [6.45, 7) is 0. The molecule has 0 aromatic heterocycles. The highest BCUT2D eigenvalue weighted by atomic mass is 16.5. The lowest BCUT2D eigenvalue weighted by Crippen LogP contribution is -2.40. The number of nitrogens with zero attached hydrogens (tertiary/aromatic N) is 1. The van der Waals surface area contributed by atoms with Gasteiger partial charge in [-0.05, 0) is 103 Å². The fourth-order valence-corrected chi connectivity index (χ4v) is 6.56. The summed E-state index contributed by atoms with van der Waals surface area (Å²) in [6, 6.07) is 21.0. The minimum atomic E-state index is -0.282. The summed E-state index contributed by atoms with van der Waals surface area (Å²) in [5.41, 5.74) is 1.59. The maximum Gasteiger partial charge on any atom is 0.255 e. The number of rotatable bonds is 6. The topological polar surface area (TPSA) is 84.9 Å². The molecule has 5 aliphatic rings. The first-order chi connectivity index (χ1) is 18.5. The minimum Gasteiger partial charge on any atom is -0.497 e. The molecule has 1 aliphatic heterocycles. The molecule has 0 spiro atoms. The summed E-state index contributed by atoms with van der Waals surface area (Å²) in [7, 11) is 1.61. The first kappa shape index (κ1) is 22.8. The fourth-order valence-electron chi connectivity index (χ4n) is 6.56. The van der Waals surface area contributed by atoms with Crippen molar-refractivity contribution in [2.24, 2.45) is 35.5 Å². The molecular weight excluding hydrogens is 480 g/mol. The van der Waals surface area contributed by atoms with Crippen LogP contribution in [-0.4, -0.2) is 24.8 Å². The van der Waals surface area contributed by atoms with E-state index in [1.165, 1.54) is 4.90 Å². The van der Waals surface area contributed by atoms with Gasteiger partial charge < -0.3 is 14.8 Å². The molecule has 1 heterocycles. The highest BCUT2D eigenvalue weighted by Crippen LogP contribution is 2.65. The van der Waals surface area contributed by atoms with Gasteiger partial charge >= 0.3 is 0 Å². The van der Waals surface area contributed by atoms with E-state index in [-0.39, 0.29) is 41.4 Å². The number of nitrogens with one attached hydrogen (secondary N) is 1. The van der Waals surface area contributed by atoms with Crippen molar-refractivity contribution in [2.75, 3.05) is 17.3 Å². The van der Waals surface area contributed by atoms with E-state index in [0.717, 1.165) is 12.2 Å². The first-order valence-corrected chi connectivity index (χ1v) is 12.9. The van der Waals surface area contributed by atoms with E-state index in [1.807, 2.05) is 24.3 Å². The second-order valence-electron chi connectivity index (χ2n) is 10.5. The summed E-state index contributed by atoms with van der Waals surface area (Å²) < 4.78 is 11.0. The molecule has 2 bridgehead atoms. The Bertz CT molecular complexity index is 1430. The van der Waals surface area contributed by atoms with Gasteiger partial charge in [-0.2, -0.15) is 0 Å². The third kappa shape index (κ3) is 3.61. The molecule has 0 radical (unpaired) electrons. The number of imide groups is 1. The number of ether oxygens (including phenoxy) is 2. The lowest BCUT2D eigenvalue weighted by Gasteiger charge is -2.37. The Morgan fingerprint density at radius 1 is 0.763 bits per heavy atom. The molecule has 190 valence electrons. The second kappa shape index (κ2) is 8.58. The van der Waals surface area contributed by atoms with Crippen LogP contribution in [0.25, 0.3) is 0 Å². The van der Waals surface area contributed by atoms with Crippen LogP contribution in [0, 0.1) is 35.5 Å². The third-order valence-corrected chi connectivity index (χ3v) is 8.46. The predicted octanol–water partition coefficient (Wildman–Crippen LogP) is 5.30. The fraction of sp³-hybridized carbons (Fsp3) is 0.258. The van der Waals surface area contributed by atoms with E-state index >= 15 is 0 Å². The molecule has 1 saturated heterocycles. The van der Waals surface area contributed by atoms with Crippen molar-refractivity contribution in [2.45, 2.75) is 6.42 Å². The molecule has 3 aromatic carbocycles. The van der Waals surface area contributed by atoms with Crippen LogP contribution in [0.15, 0.2) is 84.9 Å². The molecule has 3 fully saturated rings.